The van der Waals surface area contributed by atoms with E-state index < -0.39 is 0 Å². The maximum absolute atomic E-state index is 5.16. The Morgan fingerprint density at radius 1 is 0.159 bits per heavy atom. The lowest BCUT2D eigenvalue weighted by molar-refractivity contribution is 1.03. The van der Waals surface area contributed by atoms with E-state index >= 15 is 0 Å². The van der Waals surface area contributed by atoms with Crippen LogP contribution in [-0.4, -0.2) is 49.8 Å². The van der Waals surface area contributed by atoms with E-state index in [0.717, 1.165) is 174 Å². The third-order valence-electron chi connectivity index (χ3n) is 26.0. The van der Waals surface area contributed by atoms with E-state index in [2.05, 4.69) is 355 Å². The summed E-state index contributed by atoms with van der Waals surface area (Å²) in [6.45, 7) is 10.3. The molecule has 16 aromatic carbocycles. The first-order valence-electron chi connectivity index (χ1n) is 45.3. The topological polar surface area (TPSA) is 129 Å². The first-order chi connectivity index (χ1) is 65.1. The van der Waals surface area contributed by atoms with Crippen LogP contribution in [0.1, 0.15) is 107 Å². The fraction of sp³-hybridized carbons (Fsp3) is 0.0820. The monoisotopic (exact) mass is 1690 g/mol. The van der Waals surface area contributed by atoms with Gasteiger partial charge in [-0.15, -0.1) is 0 Å². The van der Waals surface area contributed by atoms with Crippen molar-refractivity contribution in [3.63, 3.8) is 0 Å². The molecule has 0 amide bonds. The van der Waals surface area contributed by atoms with Crippen molar-refractivity contribution in [2.24, 2.45) is 0 Å². The minimum absolute atomic E-state index is 0.802. The summed E-state index contributed by atoms with van der Waals surface area (Å²) in [5.74, 6) is 0. The number of fused-ring (bicyclic) bond motifs is 21. The average Bonchev–Trinajstić information content (AvgIpc) is 1.55. The lowest BCUT2D eigenvalue weighted by atomic mass is 9.93. The zero-order valence-corrected chi connectivity index (χ0v) is 74.0. The molecule has 10 heteroatoms. The fourth-order valence-electron chi connectivity index (χ4n) is 19.9. The van der Waals surface area contributed by atoms with E-state index in [1.165, 1.54) is 121 Å². The first-order valence-corrected chi connectivity index (χ1v) is 45.3. The van der Waals surface area contributed by atoms with Gasteiger partial charge in [0.2, 0.25) is 0 Å². The fourth-order valence-corrected chi connectivity index (χ4v) is 19.9. The zero-order valence-electron chi connectivity index (χ0n) is 74.0. The molecule has 10 nitrogen and oxygen atoms in total. The molecule has 0 saturated heterocycles. The standard InChI is InChI=1S/2C26H18N2.2C26H20N2.C18H14N2/c1-16-25(17-9-3-2-4-10-17)28-23-15-22-20-13-6-5-11-18(20)19-12-7-8-14-21(19)24(22)26(23)27-16;1-16-25(17-9-3-2-4-10-17)28-26-23(27-16)15-22-20-13-6-5-11-18(20)19-12-7-8-14-21(19)24(22)26;1-18-25(21-15-9-4-10-16-21)28-23-17-22(19-11-5-2-6-12-19)24(26(23)27-18)20-13-7-3-8-14-20;1-18-25(21-15-9-4-10-16-21)28-26-23(27-18)17-22(19-11-5-2-6-12-19)24(26)20-13-7-3-8-14-20;1-12-17(13-7-3-2-4-8-13)20-16-11-14-9-5-6-10-15(14)18(16)19-12/h2*2-14H,15H2,1H3;2*2-16H,17H2,1H3;2-10H,11H2,1H3. The third-order valence-corrected chi connectivity index (χ3v) is 26.0. The Balaban J connectivity index is 0.0000000968. The number of aryl methyl sites for hydroxylation is 5. The summed E-state index contributed by atoms with van der Waals surface area (Å²) in [6, 6.07) is 137. The molecular weight excluding hydrogens is 1610 g/mol. The first kappa shape index (κ1) is 81.2. The van der Waals surface area contributed by atoms with Crippen molar-refractivity contribution in [2.75, 3.05) is 0 Å². The Labute approximate surface area is 768 Å². The van der Waals surface area contributed by atoms with Gasteiger partial charge >= 0.3 is 0 Å². The van der Waals surface area contributed by atoms with E-state index in [-0.39, 0.29) is 0 Å². The molecule has 0 spiro atoms. The van der Waals surface area contributed by atoms with E-state index in [1.54, 1.807) is 0 Å². The molecule has 5 heterocycles. The van der Waals surface area contributed by atoms with Crippen LogP contribution >= 0.6 is 0 Å². The summed E-state index contributed by atoms with van der Waals surface area (Å²) in [6.07, 6.45) is 4.18. The molecule has 0 bridgehead atoms. The van der Waals surface area contributed by atoms with Crippen LogP contribution in [0.3, 0.4) is 0 Å². The van der Waals surface area contributed by atoms with Crippen LogP contribution in [0.2, 0.25) is 0 Å². The lowest BCUT2D eigenvalue weighted by Crippen LogP contribution is -2.01. The summed E-state index contributed by atoms with van der Waals surface area (Å²) >= 11 is 0. The van der Waals surface area contributed by atoms with Crippen molar-refractivity contribution in [2.45, 2.75) is 66.7 Å². The average molecular weight is 1700 g/mol. The molecule has 21 aromatic rings. The van der Waals surface area contributed by atoms with E-state index in [1.807, 2.05) is 73.7 Å². The number of benzene rings is 16. The van der Waals surface area contributed by atoms with Crippen LogP contribution in [-0.2, 0) is 32.1 Å². The van der Waals surface area contributed by atoms with Crippen molar-refractivity contribution >= 4 is 65.4 Å². The zero-order chi connectivity index (χ0) is 88.7. The molecule has 0 aliphatic heterocycles. The molecular formula is C122H90N10. The second-order valence-corrected chi connectivity index (χ2v) is 34.2. The number of rotatable bonds is 9. The smallest absolute Gasteiger partial charge is 0.0937 e. The van der Waals surface area contributed by atoms with Gasteiger partial charge in [-0.25, -0.2) is 39.9 Å². The summed E-state index contributed by atoms with van der Waals surface area (Å²) in [4.78, 5) is 50.2. The third kappa shape index (κ3) is 15.3. The van der Waals surface area contributed by atoms with Gasteiger partial charge in [0.15, 0.2) is 0 Å². The number of hydrogen-bond acceptors (Lipinski definition) is 10. The Hall–Kier alpha value is -16.6. The molecule has 132 heavy (non-hydrogen) atoms. The lowest BCUT2D eigenvalue weighted by Gasteiger charge is -2.12. The van der Waals surface area contributed by atoms with Crippen LogP contribution in [0.15, 0.2) is 394 Å². The number of allylic oxidation sites excluding steroid dienone is 2. The van der Waals surface area contributed by atoms with E-state index in [9.17, 15) is 0 Å². The maximum atomic E-state index is 5.16. The molecule has 0 fully saturated rings. The van der Waals surface area contributed by atoms with Crippen molar-refractivity contribution in [3.8, 4) is 90.1 Å². The number of aromatic nitrogens is 10. The van der Waals surface area contributed by atoms with Crippen molar-refractivity contribution in [1.82, 2.24) is 49.8 Å². The summed E-state index contributed by atoms with van der Waals surface area (Å²) in [5.41, 5.74) is 43.6. The van der Waals surface area contributed by atoms with Crippen molar-refractivity contribution in [3.05, 3.63) is 502 Å². The number of hydrogen-bond donors (Lipinski definition) is 0. The van der Waals surface area contributed by atoms with Gasteiger partial charge in [-0.3, -0.25) is 9.97 Å². The Morgan fingerprint density at radius 2 is 0.394 bits per heavy atom. The summed E-state index contributed by atoms with van der Waals surface area (Å²) in [7, 11) is 0. The van der Waals surface area contributed by atoms with Crippen molar-refractivity contribution in [1.29, 1.82) is 0 Å². The van der Waals surface area contributed by atoms with Crippen LogP contribution in [0.4, 0.5) is 0 Å². The molecule has 5 aliphatic rings. The molecule has 5 aliphatic carbocycles. The summed E-state index contributed by atoms with van der Waals surface area (Å²) in [5, 5.41) is 10.4. The van der Waals surface area contributed by atoms with E-state index in [0.29, 0.717) is 0 Å². The van der Waals surface area contributed by atoms with Crippen LogP contribution in [0.5, 0.6) is 0 Å². The molecule has 0 atom stereocenters. The molecule has 5 aromatic heterocycles. The van der Waals surface area contributed by atoms with Gasteiger partial charge in [-0.05, 0) is 128 Å². The predicted octanol–water partition coefficient (Wildman–Crippen LogP) is 28.6. The quantitative estimate of drug-likeness (QED) is 0.129. The molecule has 0 N–H and O–H groups in total. The second kappa shape index (κ2) is 35.2. The van der Waals surface area contributed by atoms with Gasteiger partial charge in [0, 0.05) is 87.8 Å². The summed E-state index contributed by atoms with van der Waals surface area (Å²) < 4.78 is 0. The molecule has 0 saturated carbocycles. The normalized spacial score (nSPS) is 12.5. The Kier molecular flexibility index (Phi) is 21.7. The SMILES string of the molecule is Cc1nc2c(nc1-c1ccccc1)-c1c(c3ccccc3c3ccccc13)C2.Cc1nc2c(nc1-c1ccccc1)C(c1ccccc1)=C(c1ccccc1)C2.Cc1nc2c(nc1-c1ccccc1)CC(c1ccccc1)=C2c1ccccc1.Cc1nc2c(nc1-c1ccccc1)Cc1c-2c2ccccc2c2ccccc12.Cc1nc2c(nc1-c1ccccc1)Cc1ccccc1-2. The molecule has 0 unspecified atom stereocenters. The minimum Gasteiger partial charge on any atom is -0.253 e. The van der Waals surface area contributed by atoms with E-state index in [4.69, 9.17) is 49.8 Å². The molecule has 0 radical (unpaired) electrons. The highest BCUT2D eigenvalue weighted by Gasteiger charge is 2.34. The minimum atomic E-state index is 0.802. The second-order valence-electron chi connectivity index (χ2n) is 34.2. The van der Waals surface area contributed by atoms with Gasteiger partial charge in [-0.1, -0.05) is 394 Å². The van der Waals surface area contributed by atoms with Gasteiger partial charge in [0.25, 0.3) is 0 Å². The van der Waals surface area contributed by atoms with Crippen LogP contribution in [0, 0.1) is 34.6 Å². The highest BCUT2D eigenvalue weighted by Crippen LogP contribution is 2.50. The van der Waals surface area contributed by atoms with Crippen LogP contribution < -0.4 is 0 Å². The van der Waals surface area contributed by atoms with Gasteiger partial charge in [0.1, 0.15) is 0 Å². The van der Waals surface area contributed by atoms with Gasteiger partial charge in [-0.2, -0.15) is 0 Å². The molecule has 628 valence electrons. The Bertz CT molecular complexity index is 8090. The predicted molar refractivity (Wildman–Crippen MR) is 541 cm³/mol. The number of nitrogens with zero attached hydrogens (tertiary/aromatic N) is 10. The molecule has 26 rings (SSSR count). The van der Waals surface area contributed by atoms with Crippen LogP contribution in [0.25, 0.3) is 155 Å². The highest BCUT2D eigenvalue weighted by atomic mass is 14.9. The van der Waals surface area contributed by atoms with Gasteiger partial charge in [0.05, 0.1) is 114 Å². The largest absolute Gasteiger partial charge is 0.253 e. The van der Waals surface area contributed by atoms with Gasteiger partial charge < -0.3 is 0 Å². The van der Waals surface area contributed by atoms with Crippen molar-refractivity contribution < 1.29 is 0 Å². The maximum Gasteiger partial charge on any atom is 0.0937 e. The Morgan fingerprint density at radius 3 is 0.773 bits per heavy atom. The highest BCUT2D eigenvalue weighted by molar-refractivity contribution is 6.18.